The Kier molecular flexibility index (Phi) is 7.98. The number of nitrogens with one attached hydrogen (secondary N) is 1. The van der Waals surface area contributed by atoms with Gasteiger partial charge in [-0.25, -0.2) is 0 Å². The number of guanidine groups is 1. The molecule has 0 amide bonds. The number of rotatable bonds is 10. The van der Waals surface area contributed by atoms with Gasteiger partial charge in [-0.2, -0.15) is 0 Å². The van der Waals surface area contributed by atoms with Gasteiger partial charge in [0.05, 0.1) is 25.9 Å². The Labute approximate surface area is 134 Å². The molecule has 22 heavy (non-hydrogen) atoms. The Balaban J connectivity index is 1.47. The smallest absolute Gasteiger partial charge is 0.193 e. The van der Waals surface area contributed by atoms with Crippen LogP contribution in [0.5, 0.6) is 0 Å². The van der Waals surface area contributed by atoms with Gasteiger partial charge in [0.1, 0.15) is 0 Å². The fourth-order valence-electron chi connectivity index (χ4n) is 2.45. The molecule has 0 radical (unpaired) electrons. The minimum Gasteiger partial charge on any atom is -0.379 e. The summed E-state index contributed by atoms with van der Waals surface area (Å²) in [6.45, 7) is 5.53. The molecule has 0 bridgehead atoms. The van der Waals surface area contributed by atoms with Crippen LogP contribution in [0.15, 0.2) is 4.99 Å². The van der Waals surface area contributed by atoms with Crippen molar-refractivity contribution in [1.82, 2.24) is 10.2 Å². The van der Waals surface area contributed by atoms with Crippen LogP contribution in [0.3, 0.4) is 0 Å². The van der Waals surface area contributed by atoms with E-state index in [0.29, 0.717) is 19.3 Å². The molecule has 0 spiro atoms. The van der Waals surface area contributed by atoms with E-state index < -0.39 is 0 Å². The van der Waals surface area contributed by atoms with E-state index in [-0.39, 0.29) is 0 Å². The van der Waals surface area contributed by atoms with Crippen molar-refractivity contribution in [2.45, 2.75) is 31.8 Å². The zero-order valence-corrected chi connectivity index (χ0v) is 14.1. The molecular formula is C16H31N3O3. The maximum Gasteiger partial charge on any atom is 0.193 e. The lowest BCUT2D eigenvalue weighted by atomic mass is 10.2. The van der Waals surface area contributed by atoms with Crippen molar-refractivity contribution in [3.05, 3.63) is 0 Å². The highest BCUT2D eigenvalue weighted by atomic mass is 16.5. The quantitative estimate of drug-likeness (QED) is 0.372. The first-order chi connectivity index (χ1) is 10.8. The topological polar surface area (TPSA) is 55.3 Å². The summed E-state index contributed by atoms with van der Waals surface area (Å²) in [5.74, 6) is 1.71. The molecule has 1 atom stereocenters. The van der Waals surface area contributed by atoms with Gasteiger partial charge in [0.25, 0.3) is 0 Å². The van der Waals surface area contributed by atoms with Crippen molar-refractivity contribution in [3.63, 3.8) is 0 Å². The fraction of sp³-hybridized carbons (Fsp3) is 0.938. The maximum atomic E-state index is 5.66. The standard InChI is InChI=1S/C16H31N3O3/c1-17-16(19(2)8-11-21-12-14-5-6-14)18-7-10-20-13-15-4-3-9-22-15/h14-15H,3-13H2,1-2H3,(H,17,18). The number of hydrogen-bond donors (Lipinski definition) is 1. The van der Waals surface area contributed by atoms with E-state index in [0.717, 1.165) is 57.6 Å². The first kappa shape index (κ1) is 17.5. The molecule has 2 aliphatic rings. The SMILES string of the molecule is CN=C(NCCOCC1CCCO1)N(C)CCOCC1CC1. The predicted molar refractivity (Wildman–Crippen MR) is 87.3 cm³/mol. The number of ether oxygens (including phenoxy) is 3. The molecule has 1 heterocycles. The summed E-state index contributed by atoms with van der Waals surface area (Å²) in [5, 5.41) is 3.31. The van der Waals surface area contributed by atoms with Crippen molar-refractivity contribution in [2.24, 2.45) is 10.9 Å². The van der Waals surface area contributed by atoms with Crippen LogP contribution in [-0.4, -0.2) is 77.2 Å². The second kappa shape index (κ2) is 10.0. The van der Waals surface area contributed by atoms with Crippen molar-refractivity contribution < 1.29 is 14.2 Å². The van der Waals surface area contributed by atoms with E-state index in [1.807, 2.05) is 7.05 Å². The summed E-state index contributed by atoms with van der Waals surface area (Å²) in [6, 6.07) is 0. The normalized spacial score (nSPS) is 22.1. The third-order valence-electron chi connectivity index (χ3n) is 4.05. The fourth-order valence-corrected chi connectivity index (χ4v) is 2.45. The molecule has 2 rings (SSSR count). The molecule has 1 unspecified atom stereocenters. The lowest BCUT2D eigenvalue weighted by Crippen LogP contribution is -2.42. The highest BCUT2D eigenvalue weighted by molar-refractivity contribution is 5.79. The number of nitrogens with zero attached hydrogens (tertiary/aromatic N) is 2. The average Bonchev–Trinajstić information content (AvgIpc) is 3.21. The van der Waals surface area contributed by atoms with Gasteiger partial charge in [-0.15, -0.1) is 0 Å². The molecule has 6 nitrogen and oxygen atoms in total. The Bertz CT molecular complexity index is 329. The van der Waals surface area contributed by atoms with Crippen molar-refractivity contribution in [1.29, 1.82) is 0 Å². The van der Waals surface area contributed by atoms with Gasteiger partial charge in [-0.3, -0.25) is 4.99 Å². The summed E-state index contributed by atoms with van der Waals surface area (Å²) < 4.78 is 16.8. The molecule has 1 saturated carbocycles. The lowest BCUT2D eigenvalue weighted by molar-refractivity contribution is 0.0190. The monoisotopic (exact) mass is 313 g/mol. The highest BCUT2D eigenvalue weighted by Crippen LogP contribution is 2.28. The van der Waals surface area contributed by atoms with E-state index >= 15 is 0 Å². The molecule has 1 aliphatic heterocycles. The van der Waals surface area contributed by atoms with Crippen LogP contribution in [0.25, 0.3) is 0 Å². The van der Waals surface area contributed by atoms with Crippen LogP contribution < -0.4 is 5.32 Å². The van der Waals surface area contributed by atoms with Crippen LogP contribution >= 0.6 is 0 Å². The molecule has 1 aliphatic carbocycles. The van der Waals surface area contributed by atoms with Crippen LogP contribution in [0, 0.1) is 5.92 Å². The molecule has 0 aromatic heterocycles. The van der Waals surface area contributed by atoms with Crippen molar-refractivity contribution in [2.75, 3.05) is 60.2 Å². The Morgan fingerprint density at radius 2 is 2.05 bits per heavy atom. The molecule has 1 N–H and O–H groups in total. The minimum atomic E-state index is 0.297. The van der Waals surface area contributed by atoms with Gasteiger partial charge in [-0.05, 0) is 31.6 Å². The van der Waals surface area contributed by atoms with Gasteiger partial charge in [0.15, 0.2) is 5.96 Å². The van der Waals surface area contributed by atoms with Crippen LogP contribution in [-0.2, 0) is 14.2 Å². The Hall–Kier alpha value is -0.850. The van der Waals surface area contributed by atoms with Crippen LogP contribution in [0.1, 0.15) is 25.7 Å². The van der Waals surface area contributed by atoms with E-state index in [1.165, 1.54) is 12.8 Å². The van der Waals surface area contributed by atoms with E-state index in [1.54, 1.807) is 7.05 Å². The van der Waals surface area contributed by atoms with Gasteiger partial charge in [0.2, 0.25) is 0 Å². The van der Waals surface area contributed by atoms with Crippen LogP contribution in [0.2, 0.25) is 0 Å². The van der Waals surface area contributed by atoms with E-state index in [4.69, 9.17) is 14.2 Å². The third kappa shape index (κ3) is 6.94. The third-order valence-corrected chi connectivity index (χ3v) is 4.05. The van der Waals surface area contributed by atoms with Crippen LogP contribution in [0.4, 0.5) is 0 Å². The molecule has 128 valence electrons. The second-order valence-electron chi connectivity index (χ2n) is 6.12. The van der Waals surface area contributed by atoms with Crippen molar-refractivity contribution >= 4 is 5.96 Å². The Morgan fingerprint density at radius 3 is 2.73 bits per heavy atom. The van der Waals surface area contributed by atoms with Gasteiger partial charge < -0.3 is 24.4 Å². The molecule has 6 heteroatoms. The first-order valence-electron chi connectivity index (χ1n) is 8.48. The largest absolute Gasteiger partial charge is 0.379 e. The number of aliphatic imine (C=N–C) groups is 1. The molecular weight excluding hydrogens is 282 g/mol. The molecule has 2 fully saturated rings. The number of hydrogen-bond acceptors (Lipinski definition) is 4. The minimum absolute atomic E-state index is 0.297. The van der Waals surface area contributed by atoms with Crippen molar-refractivity contribution in [3.8, 4) is 0 Å². The summed E-state index contributed by atoms with van der Waals surface area (Å²) >= 11 is 0. The van der Waals surface area contributed by atoms with Gasteiger partial charge >= 0.3 is 0 Å². The van der Waals surface area contributed by atoms with Gasteiger partial charge in [0, 0.05) is 40.4 Å². The number of likely N-dealkylation sites (N-methyl/N-ethyl adjacent to an activating group) is 1. The Morgan fingerprint density at radius 1 is 1.23 bits per heavy atom. The lowest BCUT2D eigenvalue weighted by Gasteiger charge is -2.22. The maximum absolute atomic E-state index is 5.66. The average molecular weight is 313 g/mol. The predicted octanol–water partition coefficient (Wildman–Crippen LogP) is 1.12. The summed E-state index contributed by atoms with van der Waals surface area (Å²) in [4.78, 5) is 6.38. The summed E-state index contributed by atoms with van der Waals surface area (Å²) in [5.41, 5.74) is 0. The summed E-state index contributed by atoms with van der Waals surface area (Å²) in [7, 11) is 3.83. The molecule has 1 saturated heterocycles. The highest BCUT2D eigenvalue weighted by Gasteiger charge is 2.21. The van der Waals surface area contributed by atoms with E-state index in [9.17, 15) is 0 Å². The molecule has 0 aromatic carbocycles. The van der Waals surface area contributed by atoms with Gasteiger partial charge in [-0.1, -0.05) is 0 Å². The van der Waals surface area contributed by atoms with E-state index in [2.05, 4.69) is 15.2 Å². The zero-order chi connectivity index (χ0) is 15.6. The second-order valence-corrected chi connectivity index (χ2v) is 6.12. The summed E-state index contributed by atoms with van der Waals surface area (Å²) in [6.07, 6.45) is 5.26. The zero-order valence-electron chi connectivity index (χ0n) is 14.1. The first-order valence-corrected chi connectivity index (χ1v) is 8.48. The molecule has 0 aromatic rings.